The molecule has 0 N–H and O–H groups in total. The van der Waals surface area contributed by atoms with E-state index < -0.39 is 0 Å². The van der Waals surface area contributed by atoms with Crippen LogP contribution in [-0.4, -0.2) is 48.4 Å². The molecule has 3 rings (SSSR count). The highest BCUT2D eigenvalue weighted by atomic mass is 35.5. The topological polar surface area (TPSA) is 23.6 Å². The molecule has 24 heavy (non-hydrogen) atoms. The van der Waals surface area contributed by atoms with Gasteiger partial charge in [0.25, 0.3) is 0 Å². The molecular weight excluding hydrogens is 367 g/mol. The fourth-order valence-electron chi connectivity index (χ4n) is 2.88. The van der Waals surface area contributed by atoms with Gasteiger partial charge < -0.3 is 4.90 Å². The van der Waals surface area contributed by atoms with E-state index in [1.165, 1.54) is 19.4 Å². The highest BCUT2D eigenvalue weighted by Gasteiger charge is 2.27. The molecule has 2 fully saturated rings. The summed E-state index contributed by atoms with van der Waals surface area (Å²) in [5.74, 6) is 1.03. The number of amides is 1. The third-order valence-corrected chi connectivity index (χ3v) is 5.23. The second-order valence-corrected chi connectivity index (χ2v) is 7.24. The van der Waals surface area contributed by atoms with Gasteiger partial charge in [-0.15, -0.1) is 12.4 Å². The Morgan fingerprint density at radius 2 is 1.83 bits per heavy atom. The Bertz CT molecular complexity index is 594. The summed E-state index contributed by atoms with van der Waals surface area (Å²) >= 11 is 11.9. The molecule has 0 spiro atoms. The minimum atomic E-state index is 0. The largest absolute Gasteiger partial charge is 0.337 e. The number of halogens is 3. The standard InChI is InChI=1S/C18H22Cl2N2O.ClH/c19-16-7-6-14(12-17(16)20)2-1-3-18(23)22-10-8-21(9-11-22)13-15-4-5-15;/h1,3,6-7,12,15H,2,4-5,8-11,13H2;1H. The maximum absolute atomic E-state index is 12.2. The Hall–Kier alpha value is -0.740. The Morgan fingerprint density at radius 1 is 1.12 bits per heavy atom. The molecule has 0 atom stereocenters. The number of carbonyl (C=O) groups excluding carboxylic acids is 1. The van der Waals surface area contributed by atoms with Crippen molar-refractivity contribution < 1.29 is 4.79 Å². The van der Waals surface area contributed by atoms with Crippen LogP contribution in [0.3, 0.4) is 0 Å². The lowest BCUT2D eigenvalue weighted by atomic mass is 10.1. The average Bonchev–Trinajstić information content (AvgIpc) is 3.35. The summed E-state index contributed by atoms with van der Waals surface area (Å²) in [6.07, 6.45) is 7.04. The molecule has 6 heteroatoms. The van der Waals surface area contributed by atoms with E-state index >= 15 is 0 Å². The van der Waals surface area contributed by atoms with E-state index in [4.69, 9.17) is 23.2 Å². The van der Waals surface area contributed by atoms with Crippen molar-refractivity contribution in [2.45, 2.75) is 19.3 Å². The summed E-state index contributed by atoms with van der Waals surface area (Å²) in [6.45, 7) is 4.90. The molecular formula is C18H23Cl3N2O. The second-order valence-electron chi connectivity index (χ2n) is 6.42. The zero-order valence-corrected chi connectivity index (χ0v) is 15.9. The van der Waals surface area contributed by atoms with Gasteiger partial charge in [-0.25, -0.2) is 0 Å². The van der Waals surface area contributed by atoms with Crippen molar-refractivity contribution >= 4 is 41.5 Å². The van der Waals surface area contributed by atoms with Crippen LogP contribution in [-0.2, 0) is 11.2 Å². The molecule has 0 aromatic heterocycles. The van der Waals surface area contributed by atoms with E-state index in [-0.39, 0.29) is 18.3 Å². The first-order valence-corrected chi connectivity index (χ1v) is 8.99. The molecule has 1 aliphatic heterocycles. The first-order valence-electron chi connectivity index (χ1n) is 8.23. The van der Waals surface area contributed by atoms with Crippen LogP contribution in [0.2, 0.25) is 10.0 Å². The summed E-state index contributed by atoms with van der Waals surface area (Å²) < 4.78 is 0. The Labute approximate surface area is 160 Å². The molecule has 132 valence electrons. The van der Waals surface area contributed by atoms with Crippen molar-refractivity contribution in [3.8, 4) is 0 Å². The lowest BCUT2D eigenvalue weighted by molar-refractivity contribution is -0.127. The third-order valence-electron chi connectivity index (χ3n) is 4.50. The SMILES string of the molecule is Cl.O=C(C=CCc1ccc(Cl)c(Cl)c1)N1CCN(CC2CC2)CC1. The van der Waals surface area contributed by atoms with E-state index in [2.05, 4.69) is 4.90 Å². The van der Waals surface area contributed by atoms with Crippen LogP contribution in [0.4, 0.5) is 0 Å². The number of hydrogen-bond acceptors (Lipinski definition) is 2. The van der Waals surface area contributed by atoms with Crippen molar-refractivity contribution in [1.29, 1.82) is 0 Å². The fourth-order valence-corrected chi connectivity index (χ4v) is 3.20. The van der Waals surface area contributed by atoms with E-state index in [1.54, 1.807) is 12.1 Å². The fraction of sp³-hybridized carbons (Fsp3) is 0.500. The summed E-state index contributed by atoms with van der Waals surface area (Å²) in [4.78, 5) is 16.7. The smallest absolute Gasteiger partial charge is 0.246 e. The van der Waals surface area contributed by atoms with Crippen LogP contribution < -0.4 is 0 Å². The van der Waals surface area contributed by atoms with Gasteiger partial charge in [-0.05, 0) is 49.0 Å². The molecule has 3 nitrogen and oxygen atoms in total. The van der Waals surface area contributed by atoms with Gasteiger partial charge in [-0.1, -0.05) is 35.3 Å². The lowest BCUT2D eigenvalue weighted by Gasteiger charge is -2.34. The predicted molar refractivity (Wildman–Crippen MR) is 102 cm³/mol. The molecule has 0 bridgehead atoms. The number of benzene rings is 1. The number of piperazine rings is 1. The first-order chi connectivity index (χ1) is 11.1. The minimum absolute atomic E-state index is 0. The molecule has 0 unspecified atom stereocenters. The van der Waals surface area contributed by atoms with E-state index in [9.17, 15) is 4.79 Å². The second kappa shape index (κ2) is 9.10. The molecule has 2 aliphatic rings. The Morgan fingerprint density at radius 3 is 2.46 bits per heavy atom. The van der Waals surface area contributed by atoms with Gasteiger partial charge in [-0.2, -0.15) is 0 Å². The van der Waals surface area contributed by atoms with Crippen LogP contribution in [0.5, 0.6) is 0 Å². The summed E-state index contributed by atoms with van der Waals surface area (Å²) in [6, 6.07) is 5.56. The highest BCUT2D eigenvalue weighted by molar-refractivity contribution is 6.42. The number of carbonyl (C=O) groups is 1. The van der Waals surface area contributed by atoms with Crippen molar-refractivity contribution in [1.82, 2.24) is 9.80 Å². The Kier molecular flexibility index (Phi) is 7.42. The van der Waals surface area contributed by atoms with E-state index in [1.807, 2.05) is 23.1 Å². The molecule has 1 aromatic carbocycles. The molecule has 1 heterocycles. The van der Waals surface area contributed by atoms with Crippen molar-refractivity contribution in [3.05, 3.63) is 46.0 Å². The predicted octanol–water partition coefficient (Wildman–Crippen LogP) is 4.07. The lowest BCUT2D eigenvalue weighted by Crippen LogP contribution is -2.48. The van der Waals surface area contributed by atoms with Crippen LogP contribution in [0, 0.1) is 5.92 Å². The Balaban J connectivity index is 0.00000208. The van der Waals surface area contributed by atoms with E-state index in [0.717, 1.165) is 37.7 Å². The van der Waals surface area contributed by atoms with Gasteiger partial charge in [0.2, 0.25) is 5.91 Å². The maximum atomic E-state index is 12.2. The molecule has 1 amide bonds. The number of allylic oxidation sites excluding steroid dienone is 1. The molecule has 1 saturated heterocycles. The zero-order chi connectivity index (χ0) is 16.2. The summed E-state index contributed by atoms with van der Waals surface area (Å²) in [5.41, 5.74) is 1.05. The monoisotopic (exact) mass is 388 g/mol. The van der Waals surface area contributed by atoms with Gasteiger partial charge in [0, 0.05) is 32.7 Å². The van der Waals surface area contributed by atoms with Gasteiger partial charge in [-0.3, -0.25) is 9.69 Å². The van der Waals surface area contributed by atoms with Gasteiger partial charge in [0.15, 0.2) is 0 Å². The third kappa shape index (κ3) is 5.66. The molecule has 1 saturated carbocycles. The van der Waals surface area contributed by atoms with Gasteiger partial charge in [0.1, 0.15) is 0 Å². The number of rotatable bonds is 5. The summed E-state index contributed by atoms with van der Waals surface area (Å²) in [5, 5.41) is 1.11. The van der Waals surface area contributed by atoms with Crippen LogP contribution in [0.15, 0.2) is 30.4 Å². The van der Waals surface area contributed by atoms with Gasteiger partial charge >= 0.3 is 0 Å². The van der Waals surface area contributed by atoms with Crippen LogP contribution in [0.1, 0.15) is 18.4 Å². The average molecular weight is 390 g/mol. The normalized spacial score (nSPS) is 18.7. The maximum Gasteiger partial charge on any atom is 0.246 e. The quantitative estimate of drug-likeness (QED) is 0.709. The van der Waals surface area contributed by atoms with Crippen molar-refractivity contribution in [3.63, 3.8) is 0 Å². The van der Waals surface area contributed by atoms with Gasteiger partial charge in [0.05, 0.1) is 10.0 Å². The van der Waals surface area contributed by atoms with Crippen molar-refractivity contribution in [2.24, 2.45) is 5.92 Å². The molecule has 0 radical (unpaired) electrons. The van der Waals surface area contributed by atoms with Crippen LogP contribution in [0.25, 0.3) is 0 Å². The number of hydrogen-bond donors (Lipinski definition) is 0. The zero-order valence-electron chi connectivity index (χ0n) is 13.6. The van der Waals surface area contributed by atoms with Crippen molar-refractivity contribution in [2.75, 3.05) is 32.7 Å². The minimum Gasteiger partial charge on any atom is -0.337 e. The highest BCUT2D eigenvalue weighted by Crippen LogP contribution is 2.29. The first kappa shape index (κ1) is 19.6. The number of nitrogens with zero attached hydrogens (tertiary/aromatic N) is 2. The molecule has 1 aromatic rings. The summed E-state index contributed by atoms with van der Waals surface area (Å²) in [7, 11) is 0. The molecule has 1 aliphatic carbocycles. The van der Waals surface area contributed by atoms with Crippen LogP contribution >= 0.6 is 35.6 Å². The van der Waals surface area contributed by atoms with E-state index in [0.29, 0.717) is 16.5 Å².